The quantitative estimate of drug-likeness (QED) is 0.774. The Morgan fingerprint density at radius 1 is 1.24 bits per heavy atom. The van der Waals surface area contributed by atoms with Crippen LogP contribution in [-0.4, -0.2) is 43.4 Å². The fourth-order valence-electron chi connectivity index (χ4n) is 1.96. The Morgan fingerprint density at radius 3 is 2.38 bits per heavy atom. The second-order valence-electron chi connectivity index (χ2n) is 5.29. The van der Waals surface area contributed by atoms with Gasteiger partial charge in [0.2, 0.25) is 5.91 Å². The van der Waals surface area contributed by atoms with E-state index in [9.17, 15) is 9.59 Å². The van der Waals surface area contributed by atoms with Crippen molar-refractivity contribution in [1.29, 1.82) is 0 Å². The first kappa shape index (κ1) is 16.9. The lowest BCUT2D eigenvalue weighted by Gasteiger charge is -2.19. The first-order chi connectivity index (χ1) is 9.88. The summed E-state index contributed by atoms with van der Waals surface area (Å²) in [6.45, 7) is 4.03. The van der Waals surface area contributed by atoms with Crippen LogP contribution >= 0.6 is 0 Å². The first-order valence-electron chi connectivity index (χ1n) is 6.88. The van der Waals surface area contributed by atoms with Crippen LogP contribution in [0.15, 0.2) is 36.0 Å². The van der Waals surface area contributed by atoms with E-state index in [2.05, 4.69) is 10.6 Å². The number of hydrogen-bond acceptors (Lipinski definition) is 3. The average Bonchev–Trinajstić information content (AvgIpc) is 2.37. The minimum absolute atomic E-state index is 0.0135. The van der Waals surface area contributed by atoms with Gasteiger partial charge >= 0.3 is 0 Å². The van der Waals surface area contributed by atoms with Crippen molar-refractivity contribution in [2.24, 2.45) is 0 Å². The number of benzene rings is 1. The van der Waals surface area contributed by atoms with Gasteiger partial charge in [0.15, 0.2) is 0 Å². The lowest BCUT2D eigenvalue weighted by Crippen LogP contribution is -2.42. The van der Waals surface area contributed by atoms with Gasteiger partial charge in [-0.25, -0.2) is 0 Å². The smallest absolute Gasteiger partial charge is 0.268 e. The summed E-state index contributed by atoms with van der Waals surface area (Å²) >= 11 is 0. The second-order valence-corrected chi connectivity index (χ2v) is 5.29. The fourth-order valence-corrected chi connectivity index (χ4v) is 1.96. The lowest BCUT2D eigenvalue weighted by molar-refractivity contribution is -0.122. The Bertz CT molecular complexity index is 510. The Morgan fingerprint density at radius 2 is 1.86 bits per heavy atom. The molecule has 5 nitrogen and oxygen atoms in total. The zero-order chi connectivity index (χ0) is 15.8. The van der Waals surface area contributed by atoms with Crippen molar-refractivity contribution in [2.75, 3.05) is 20.6 Å². The highest BCUT2D eigenvalue weighted by atomic mass is 16.2. The molecule has 0 spiro atoms. The van der Waals surface area contributed by atoms with Crippen LogP contribution in [0.5, 0.6) is 0 Å². The number of carbonyl (C=O) groups is 2. The van der Waals surface area contributed by atoms with Gasteiger partial charge < -0.3 is 15.5 Å². The van der Waals surface area contributed by atoms with Gasteiger partial charge in [-0.3, -0.25) is 9.59 Å². The summed E-state index contributed by atoms with van der Waals surface area (Å²) in [5, 5.41) is 5.46. The molecule has 2 amide bonds. The van der Waals surface area contributed by atoms with Crippen LogP contribution in [0, 0.1) is 0 Å². The molecule has 114 valence electrons. The van der Waals surface area contributed by atoms with E-state index in [1.165, 1.54) is 6.92 Å². The Balaban J connectivity index is 2.85. The van der Waals surface area contributed by atoms with E-state index >= 15 is 0 Å². The molecular formula is C16H23N3O2. The predicted octanol–water partition coefficient (Wildman–Crippen LogP) is 1.23. The minimum Gasteiger partial charge on any atom is -0.347 e. The lowest BCUT2D eigenvalue weighted by atomic mass is 10.2. The molecule has 1 atom stereocenters. The highest BCUT2D eigenvalue weighted by Crippen LogP contribution is 2.05. The van der Waals surface area contributed by atoms with Crippen molar-refractivity contribution in [3.8, 4) is 0 Å². The van der Waals surface area contributed by atoms with Gasteiger partial charge in [0.25, 0.3) is 5.91 Å². The molecule has 21 heavy (non-hydrogen) atoms. The molecule has 0 heterocycles. The standard InChI is InChI=1S/C16H23N3O2/c1-12(11-19(3)4)17-16(21)15(18-13(2)20)10-14-8-6-5-7-9-14/h5-10,12H,11H2,1-4H3,(H,17,21)(H,18,20). The molecule has 0 aliphatic heterocycles. The summed E-state index contributed by atoms with van der Waals surface area (Å²) in [7, 11) is 3.88. The minimum atomic E-state index is -0.289. The predicted molar refractivity (Wildman–Crippen MR) is 84.4 cm³/mol. The normalized spacial score (nSPS) is 12.9. The fraction of sp³-hybridized carbons (Fsp3) is 0.375. The van der Waals surface area contributed by atoms with E-state index in [0.29, 0.717) is 0 Å². The maximum atomic E-state index is 12.3. The average molecular weight is 289 g/mol. The SMILES string of the molecule is CC(=O)NC(=Cc1ccccc1)C(=O)NC(C)CN(C)C. The molecule has 0 fully saturated rings. The van der Waals surface area contributed by atoms with Crippen LogP contribution in [0.1, 0.15) is 19.4 Å². The number of nitrogens with one attached hydrogen (secondary N) is 2. The molecule has 1 unspecified atom stereocenters. The number of rotatable bonds is 6. The molecule has 0 aliphatic rings. The van der Waals surface area contributed by atoms with Gasteiger partial charge in [0.05, 0.1) is 0 Å². The summed E-state index contributed by atoms with van der Waals surface area (Å²) in [5.41, 5.74) is 1.11. The van der Waals surface area contributed by atoms with Crippen LogP contribution < -0.4 is 10.6 Å². The van der Waals surface area contributed by atoms with Crippen LogP contribution in [0.4, 0.5) is 0 Å². The third-order valence-electron chi connectivity index (χ3n) is 2.68. The van der Waals surface area contributed by atoms with E-state index in [1.54, 1.807) is 6.08 Å². The number of carbonyl (C=O) groups excluding carboxylic acids is 2. The molecule has 0 bridgehead atoms. The summed E-state index contributed by atoms with van der Waals surface area (Å²) in [6.07, 6.45) is 1.67. The third-order valence-corrected chi connectivity index (χ3v) is 2.68. The summed E-state index contributed by atoms with van der Waals surface area (Å²) < 4.78 is 0. The van der Waals surface area contributed by atoms with Gasteiger partial charge in [-0.15, -0.1) is 0 Å². The van der Waals surface area contributed by atoms with Crippen LogP contribution in [0.25, 0.3) is 6.08 Å². The maximum absolute atomic E-state index is 12.3. The third kappa shape index (κ3) is 6.72. The molecular weight excluding hydrogens is 266 g/mol. The molecule has 0 saturated carbocycles. The number of likely N-dealkylation sites (N-methyl/N-ethyl adjacent to an activating group) is 1. The van der Waals surface area contributed by atoms with E-state index in [-0.39, 0.29) is 23.6 Å². The molecule has 1 aromatic rings. The number of hydrogen-bond donors (Lipinski definition) is 2. The maximum Gasteiger partial charge on any atom is 0.268 e. The van der Waals surface area contributed by atoms with Gasteiger partial charge in [-0.1, -0.05) is 30.3 Å². The molecule has 0 radical (unpaired) electrons. The first-order valence-corrected chi connectivity index (χ1v) is 6.88. The largest absolute Gasteiger partial charge is 0.347 e. The van der Waals surface area contributed by atoms with Crippen molar-refractivity contribution >= 4 is 17.9 Å². The molecule has 0 saturated heterocycles. The van der Waals surface area contributed by atoms with E-state index in [1.807, 2.05) is 56.3 Å². The van der Waals surface area contributed by atoms with Crippen molar-refractivity contribution < 1.29 is 9.59 Å². The van der Waals surface area contributed by atoms with E-state index in [0.717, 1.165) is 12.1 Å². The van der Waals surface area contributed by atoms with E-state index in [4.69, 9.17) is 0 Å². The van der Waals surface area contributed by atoms with Gasteiger partial charge in [0, 0.05) is 19.5 Å². The molecule has 2 N–H and O–H groups in total. The Hall–Kier alpha value is -2.14. The summed E-state index contributed by atoms with van der Waals surface area (Å²) in [6, 6.07) is 9.39. The van der Waals surface area contributed by atoms with Crippen LogP contribution in [0.2, 0.25) is 0 Å². The number of amides is 2. The van der Waals surface area contributed by atoms with E-state index < -0.39 is 0 Å². The molecule has 0 aliphatic carbocycles. The van der Waals surface area contributed by atoms with Crippen LogP contribution in [-0.2, 0) is 9.59 Å². The monoisotopic (exact) mass is 289 g/mol. The Kier molecular flexibility index (Phi) is 6.62. The van der Waals surface area contributed by atoms with Crippen molar-refractivity contribution in [2.45, 2.75) is 19.9 Å². The molecule has 1 rings (SSSR count). The number of nitrogens with zero attached hydrogens (tertiary/aromatic N) is 1. The van der Waals surface area contributed by atoms with Crippen molar-refractivity contribution in [3.05, 3.63) is 41.6 Å². The summed E-state index contributed by atoms with van der Waals surface area (Å²) in [4.78, 5) is 25.5. The van der Waals surface area contributed by atoms with Gasteiger partial charge in [0.1, 0.15) is 5.70 Å². The molecule has 5 heteroatoms. The van der Waals surface area contributed by atoms with Crippen molar-refractivity contribution in [1.82, 2.24) is 15.5 Å². The summed E-state index contributed by atoms with van der Waals surface area (Å²) in [5.74, 6) is -0.559. The highest BCUT2D eigenvalue weighted by molar-refractivity contribution is 6.01. The molecule has 1 aromatic carbocycles. The van der Waals surface area contributed by atoms with Gasteiger partial charge in [-0.2, -0.15) is 0 Å². The van der Waals surface area contributed by atoms with Crippen LogP contribution in [0.3, 0.4) is 0 Å². The van der Waals surface area contributed by atoms with Gasteiger partial charge in [-0.05, 0) is 32.7 Å². The molecule has 0 aromatic heterocycles. The topological polar surface area (TPSA) is 61.4 Å². The van der Waals surface area contributed by atoms with Crippen molar-refractivity contribution in [3.63, 3.8) is 0 Å². The zero-order valence-electron chi connectivity index (χ0n) is 13.0. The Labute approximate surface area is 126 Å². The highest BCUT2D eigenvalue weighted by Gasteiger charge is 2.14. The second kappa shape index (κ2) is 8.21. The zero-order valence-corrected chi connectivity index (χ0v) is 13.0.